The van der Waals surface area contributed by atoms with E-state index in [1.165, 1.54) is 33.4 Å². The average Bonchev–Trinajstić information content (AvgIpc) is 3.01. The van der Waals surface area contributed by atoms with E-state index in [0.717, 1.165) is 11.1 Å². The molecule has 5 aromatic carbocycles. The molecular weight excluding hydrogens is 456 g/mol. The molecule has 0 saturated heterocycles. The SMILES string of the molecule is C=CC1=C(C=C)C(c2ccccc2)(c2ccccc2)c2ccccc2C1(c1ccccc1)c1ccccc1. The van der Waals surface area contributed by atoms with E-state index in [2.05, 4.69) is 171 Å². The molecule has 1 aliphatic rings. The number of benzene rings is 5. The summed E-state index contributed by atoms with van der Waals surface area (Å²) < 4.78 is 0. The van der Waals surface area contributed by atoms with Crippen molar-refractivity contribution < 1.29 is 0 Å². The maximum absolute atomic E-state index is 4.45. The van der Waals surface area contributed by atoms with Crippen LogP contribution in [0.15, 0.2) is 182 Å². The largest absolute Gasteiger partial charge is 0.0987 e. The van der Waals surface area contributed by atoms with Gasteiger partial charge >= 0.3 is 0 Å². The summed E-state index contributed by atoms with van der Waals surface area (Å²) in [5, 5.41) is 0. The number of hydrogen-bond acceptors (Lipinski definition) is 0. The highest BCUT2D eigenvalue weighted by Crippen LogP contribution is 2.60. The van der Waals surface area contributed by atoms with Crippen LogP contribution in [0.1, 0.15) is 33.4 Å². The molecule has 0 bridgehead atoms. The maximum atomic E-state index is 4.45. The van der Waals surface area contributed by atoms with E-state index in [1.807, 2.05) is 0 Å². The minimum atomic E-state index is -0.558. The summed E-state index contributed by atoms with van der Waals surface area (Å²) in [6.45, 7) is 8.90. The van der Waals surface area contributed by atoms with Gasteiger partial charge in [0.05, 0.1) is 10.8 Å². The Balaban J connectivity index is 1.90. The van der Waals surface area contributed by atoms with E-state index in [-0.39, 0.29) is 0 Å². The van der Waals surface area contributed by atoms with Crippen LogP contribution in [0.2, 0.25) is 0 Å². The van der Waals surface area contributed by atoms with Gasteiger partial charge in [-0.3, -0.25) is 0 Å². The van der Waals surface area contributed by atoms with Crippen LogP contribution in [0.3, 0.4) is 0 Å². The van der Waals surface area contributed by atoms with Crippen molar-refractivity contribution in [3.8, 4) is 0 Å². The van der Waals surface area contributed by atoms with Crippen LogP contribution < -0.4 is 0 Å². The van der Waals surface area contributed by atoms with E-state index in [4.69, 9.17) is 0 Å². The molecule has 0 radical (unpaired) electrons. The highest BCUT2D eigenvalue weighted by molar-refractivity contribution is 5.76. The molecule has 0 saturated carbocycles. The predicted octanol–water partition coefficient (Wildman–Crippen LogP) is 9.04. The molecule has 0 heteroatoms. The Morgan fingerprint density at radius 3 is 0.816 bits per heavy atom. The normalized spacial score (nSPS) is 15.4. The fraction of sp³-hybridized carbons (Fsp3) is 0.0526. The Labute approximate surface area is 226 Å². The molecule has 38 heavy (non-hydrogen) atoms. The van der Waals surface area contributed by atoms with Gasteiger partial charge in [-0.05, 0) is 44.5 Å². The van der Waals surface area contributed by atoms with Crippen LogP contribution in [0, 0.1) is 0 Å². The first-order chi connectivity index (χ1) is 18.8. The second kappa shape index (κ2) is 9.65. The van der Waals surface area contributed by atoms with Gasteiger partial charge in [-0.15, -0.1) is 0 Å². The Kier molecular flexibility index (Phi) is 6.02. The third-order valence-corrected chi connectivity index (χ3v) is 8.07. The van der Waals surface area contributed by atoms with Crippen molar-refractivity contribution in [3.63, 3.8) is 0 Å². The van der Waals surface area contributed by atoms with Gasteiger partial charge < -0.3 is 0 Å². The summed E-state index contributed by atoms with van der Waals surface area (Å²) in [4.78, 5) is 0. The van der Waals surface area contributed by atoms with Crippen molar-refractivity contribution in [2.24, 2.45) is 0 Å². The summed E-state index contributed by atoms with van der Waals surface area (Å²) in [7, 11) is 0. The molecule has 0 heterocycles. The molecule has 0 N–H and O–H groups in total. The fourth-order valence-electron chi connectivity index (χ4n) is 6.69. The lowest BCUT2D eigenvalue weighted by molar-refractivity contribution is 0.619. The van der Waals surface area contributed by atoms with Gasteiger partial charge in [0, 0.05) is 0 Å². The lowest BCUT2D eigenvalue weighted by atomic mass is 9.50. The maximum Gasteiger partial charge on any atom is 0.0707 e. The van der Waals surface area contributed by atoms with E-state index in [0.29, 0.717) is 0 Å². The summed E-state index contributed by atoms with van der Waals surface area (Å²) in [6.07, 6.45) is 4.13. The third-order valence-electron chi connectivity index (χ3n) is 8.07. The molecular formula is C38H30. The van der Waals surface area contributed by atoms with Crippen molar-refractivity contribution in [2.45, 2.75) is 10.8 Å². The summed E-state index contributed by atoms with van der Waals surface area (Å²) in [6, 6.07) is 52.3. The van der Waals surface area contributed by atoms with Crippen molar-refractivity contribution in [3.05, 3.63) is 215 Å². The molecule has 6 rings (SSSR count). The van der Waals surface area contributed by atoms with Gasteiger partial charge in [0.2, 0.25) is 0 Å². The van der Waals surface area contributed by atoms with Crippen molar-refractivity contribution in [2.75, 3.05) is 0 Å². The molecule has 0 nitrogen and oxygen atoms in total. The zero-order chi connectivity index (χ0) is 26.0. The lowest BCUT2D eigenvalue weighted by Crippen LogP contribution is -2.45. The minimum Gasteiger partial charge on any atom is -0.0987 e. The van der Waals surface area contributed by atoms with Crippen LogP contribution in [-0.2, 0) is 10.8 Å². The Morgan fingerprint density at radius 1 is 0.342 bits per heavy atom. The monoisotopic (exact) mass is 486 g/mol. The van der Waals surface area contributed by atoms with Crippen molar-refractivity contribution in [1.82, 2.24) is 0 Å². The van der Waals surface area contributed by atoms with Crippen LogP contribution >= 0.6 is 0 Å². The zero-order valence-electron chi connectivity index (χ0n) is 21.4. The quantitative estimate of drug-likeness (QED) is 0.225. The molecule has 0 aliphatic heterocycles. The van der Waals surface area contributed by atoms with Gasteiger partial charge in [0.15, 0.2) is 0 Å². The standard InChI is InChI=1S/C38H30/c1-3-33-34(4-2)38(31-23-13-7-14-24-31,32-25-15-8-16-26-32)36-28-18-17-27-35(36)37(33,29-19-9-5-10-20-29)30-21-11-6-12-22-30/h3-28H,1-2H2. The van der Waals surface area contributed by atoms with Crippen LogP contribution in [0.25, 0.3) is 0 Å². The first-order valence-electron chi connectivity index (χ1n) is 13.1. The summed E-state index contributed by atoms with van der Waals surface area (Å²) in [5.41, 5.74) is 8.54. The van der Waals surface area contributed by atoms with Gasteiger partial charge in [-0.2, -0.15) is 0 Å². The summed E-state index contributed by atoms with van der Waals surface area (Å²) in [5.74, 6) is 0. The highest BCUT2D eigenvalue weighted by atomic mass is 14.5. The molecule has 0 spiro atoms. The van der Waals surface area contributed by atoms with Gasteiger partial charge in [-0.1, -0.05) is 171 Å². The predicted molar refractivity (Wildman–Crippen MR) is 159 cm³/mol. The molecule has 1 aliphatic carbocycles. The molecule has 5 aromatic rings. The molecule has 182 valence electrons. The third kappa shape index (κ3) is 3.24. The van der Waals surface area contributed by atoms with Gasteiger partial charge in [0.1, 0.15) is 0 Å². The van der Waals surface area contributed by atoms with Crippen molar-refractivity contribution in [1.29, 1.82) is 0 Å². The number of rotatable bonds is 6. The number of allylic oxidation sites excluding steroid dienone is 4. The fourth-order valence-corrected chi connectivity index (χ4v) is 6.69. The Morgan fingerprint density at radius 2 is 0.579 bits per heavy atom. The second-order valence-corrected chi connectivity index (χ2v) is 9.75. The highest BCUT2D eigenvalue weighted by Gasteiger charge is 2.53. The average molecular weight is 487 g/mol. The number of hydrogen-bond donors (Lipinski definition) is 0. The van der Waals surface area contributed by atoms with E-state index >= 15 is 0 Å². The minimum absolute atomic E-state index is 0.558. The molecule has 0 aromatic heterocycles. The van der Waals surface area contributed by atoms with E-state index in [9.17, 15) is 0 Å². The second-order valence-electron chi connectivity index (χ2n) is 9.75. The van der Waals surface area contributed by atoms with Crippen LogP contribution in [-0.4, -0.2) is 0 Å². The van der Waals surface area contributed by atoms with Crippen LogP contribution in [0.4, 0.5) is 0 Å². The van der Waals surface area contributed by atoms with Crippen molar-refractivity contribution >= 4 is 0 Å². The Hall–Kier alpha value is -4.68. The van der Waals surface area contributed by atoms with Crippen LogP contribution in [0.5, 0.6) is 0 Å². The van der Waals surface area contributed by atoms with E-state index < -0.39 is 10.8 Å². The Bertz CT molecular complexity index is 1400. The molecule has 0 unspecified atom stereocenters. The molecule has 0 amide bonds. The van der Waals surface area contributed by atoms with Gasteiger partial charge in [0.25, 0.3) is 0 Å². The molecule has 0 atom stereocenters. The smallest absolute Gasteiger partial charge is 0.0707 e. The lowest BCUT2D eigenvalue weighted by Gasteiger charge is -2.51. The first-order valence-corrected chi connectivity index (χ1v) is 13.1. The number of fused-ring (bicyclic) bond motifs is 1. The van der Waals surface area contributed by atoms with E-state index in [1.54, 1.807) is 0 Å². The zero-order valence-corrected chi connectivity index (χ0v) is 21.4. The topological polar surface area (TPSA) is 0 Å². The first kappa shape index (κ1) is 23.7. The molecule has 0 fully saturated rings. The summed E-state index contributed by atoms with van der Waals surface area (Å²) >= 11 is 0. The van der Waals surface area contributed by atoms with Gasteiger partial charge in [-0.25, -0.2) is 0 Å².